The van der Waals surface area contributed by atoms with Gasteiger partial charge in [-0.2, -0.15) is 0 Å². The predicted octanol–water partition coefficient (Wildman–Crippen LogP) is 3.72. The Bertz CT molecular complexity index is 886. The first-order chi connectivity index (χ1) is 12.7. The SMILES string of the molecule is Cc1ccsc1CCC(=O)N1CCC(n2cc(-c3ccccc3)nn2)C1. The van der Waals surface area contributed by atoms with Gasteiger partial charge in [-0.1, -0.05) is 35.5 Å². The number of nitrogens with zero attached hydrogens (tertiary/aromatic N) is 4. The molecule has 1 fully saturated rings. The summed E-state index contributed by atoms with van der Waals surface area (Å²) in [5.74, 6) is 0.240. The van der Waals surface area contributed by atoms with Gasteiger partial charge in [0.1, 0.15) is 5.69 Å². The number of hydrogen-bond acceptors (Lipinski definition) is 4. The lowest BCUT2D eigenvalue weighted by atomic mass is 10.2. The molecule has 4 rings (SSSR count). The second-order valence-electron chi connectivity index (χ2n) is 6.76. The zero-order valence-electron chi connectivity index (χ0n) is 14.8. The number of amides is 1. The largest absolute Gasteiger partial charge is 0.340 e. The van der Waals surface area contributed by atoms with Crippen LogP contribution in [0.15, 0.2) is 48.0 Å². The van der Waals surface area contributed by atoms with Crippen LogP contribution in [0.25, 0.3) is 11.3 Å². The average molecular weight is 366 g/mol. The Morgan fingerprint density at radius 2 is 2.12 bits per heavy atom. The molecule has 6 heteroatoms. The van der Waals surface area contributed by atoms with Gasteiger partial charge in [0.2, 0.25) is 5.91 Å². The number of hydrogen-bond donors (Lipinski definition) is 0. The Hall–Kier alpha value is -2.47. The number of thiophene rings is 1. The van der Waals surface area contributed by atoms with Crippen LogP contribution in [-0.2, 0) is 11.2 Å². The molecule has 0 radical (unpaired) electrons. The summed E-state index contributed by atoms with van der Waals surface area (Å²) in [5, 5.41) is 10.7. The van der Waals surface area contributed by atoms with Gasteiger partial charge in [-0.3, -0.25) is 4.79 Å². The van der Waals surface area contributed by atoms with Crippen molar-refractivity contribution < 1.29 is 4.79 Å². The minimum atomic E-state index is 0.215. The van der Waals surface area contributed by atoms with Crippen LogP contribution in [0, 0.1) is 6.92 Å². The summed E-state index contributed by atoms with van der Waals surface area (Å²) in [5.41, 5.74) is 3.23. The molecule has 3 aromatic rings. The highest BCUT2D eigenvalue weighted by atomic mass is 32.1. The molecule has 3 heterocycles. The van der Waals surface area contributed by atoms with Crippen molar-refractivity contribution in [3.05, 3.63) is 58.4 Å². The molecular weight excluding hydrogens is 344 g/mol. The van der Waals surface area contributed by atoms with Crippen molar-refractivity contribution in [2.75, 3.05) is 13.1 Å². The van der Waals surface area contributed by atoms with Gasteiger partial charge in [-0.25, -0.2) is 4.68 Å². The van der Waals surface area contributed by atoms with Crippen LogP contribution >= 0.6 is 11.3 Å². The first-order valence-corrected chi connectivity index (χ1v) is 9.86. The Kier molecular flexibility index (Phi) is 4.84. The molecule has 0 spiro atoms. The first-order valence-electron chi connectivity index (χ1n) is 8.98. The molecule has 0 N–H and O–H groups in total. The molecule has 1 amide bonds. The van der Waals surface area contributed by atoms with Crippen LogP contribution in [-0.4, -0.2) is 38.9 Å². The number of likely N-dealkylation sites (tertiary alicyclic amines) is 1. The highest BCUT2D eigenvalue weighted by Gasteiger charge is 2.28. The zero-order valence-corrected chi connectivity index (χ0v) is 15.7. The van der Waals surface area contributed by atoms with Crippen molar-refractivity contribution in [1.29, 1.82) is 0 Å². The summed E-state index contributed by atoms with van der Waals surface area (Å²) >= 11 is 1.74. The Morgan fingerprint density at radius 3 is 2.88 bits per heavy atom. The van der Waals surface area contributed by atoms with Gasteiger partial charge in [0.15, 0.2) is 0 Å². The normalized spacial score (nSPS) is 17.0. The Labute approximate surface area is 157 Å². The van der Waals surface area contributed by atoms with Crippen molar-refractivity contribution >= 4 is 17.2 Å². The molecular formula is C20H22N4OS. The van der Waals surface area contributed by atoms with Gasteiger partial charge in [0.05, 0.1) is 12.2 Å². The summed E-state index contributed by atoms with van der Waals surface area (Å²) < 4.78 is 1.92. The van der Waals surface area contributed by atoms with Gasteiger partial charge >= 0.3 is 0 Å². The second-order valence-corrected chi connectivity index (χ2v) is 7.76. The molecule has 0 aliphatic carbocycles. The fraction of sp³-hybridized carbons (Fsp3) is 0.350. The van der Waals surface area contributed by atoms with E-state index in [0.29, 0.717) is 6.42 Å². The van der Waals surface area contributed by atoms with Crippen LogP contribution in [0.3, 0.4) is 0 Å². The van der Waals surface area contributed by atoms with E-state index in [0.717, 1.165) is 37.2 Å². The standard InChI is InChI=1S/C20H22N4OS/c1-15-10-12-26-19(15)7-8-20(25)23-11-9-17(13-23)24-14-18(21-22-24)16-5-3-2-4-6-16/h2-6,10,12,14,17H,7-9,11,13H2,1H3. The minimum Gasteiger partial charge on any atom is -0.340 e. The van der Waals surface area contributed by atoms with E-state index >= 15 is 0 Å². The maximum atomic E-state index is 12.5. The predicted molar refractivity (Wildman–Crippen MR) is 103 cm³/mol. The smallest absolute Gasteiger partial charge is 0.223 e. The number of carbonyl (C=O) groups is 1. The van der Waals surface area contributed by atoms with E-state index in [2.05, 4.69) is 28.7 Å². The van der Waals surface area contributed by atoms with Crippen LogP contribution in [0.1, 0.15) is 29.3 Å². The number of rotatable bonds is 5. The fourth-order valence-electron chi connectivity index (χ4n) is 3.42. The molecule has 1 aliphatic heterocycles. The molecule has 134 valence electrons. The lowest BCUT2D eigenvalue weighted by Crippen LogP contribution is -2.29. The maximum absolute atomic E-state index is 12.5. The van der Waals surface area contributed by atoms with Crippen molar-refractivity contribution in [3.8, 4) is 11.3 Å². The van der Waals surface area contributed by atoms with Gasteiger partial charge in [-0.15, -0.1) is 16.4 Å². The van der Waals surface area contributed by atoms with E-state index in [1.807, 2.05) is 46.1 Å². The molecule has 5 nitrogen and oxygen atoms in total. The molecule has 1 aliphatic rings. The van der Waals surface area contributed by atoms with E-state index in [-0.39, 0.29) is 11.9 Å². The molecule has 2 aromatic heterocycles. The van der Waals surface area contributed by atoms with Crippen molar-refractivity contribution in [3.63, 3.8) is 0 Å². The molecule has 1 atom stereocenters. The van der Waals surface area contributed by atoms with Crippen LogP contribution in [0.2, 0.25) is 0 Å². The van der Waals surface area contributed by atoms with Gasteiger partial charge < -0.3 is 4.90 Å². The summed E-state index contributed by atoms with van der Waals surface area (Å²) in [6, 6.07) is 12.4. The van der Waals surface area contributed by atoms with Crippen LogP contribution in [0.5, 0.6) is 0 Å². The van der Waals surface area contributed by atoms with Gasteiger partial charge in [-0.05, 0) is 36.8 Å². The monoisotopic (exact) mass is 366 g/mol. The van der Waals surface area contributed by atoms with Crippen LogP contribution in [0.4, 0.5) is 0 Å². The number of carbonyl (C=O) groups excluding carboxylic acids is 1. The van der Waals surface area contributed by atoms with Gasteiger partial charge in [0.25, 0.3) is 0 Å². The highest BCUT2D eigenvalue weighted by Crippen LogP contribution is 2.25. The van der Waals surface area contributed by atoms with Crippen molar-refractivity contribution in [2.24, 2.45) is 0 Å². The van der Waals surface area contributed by atoms with E-state index < -0.39 is 0 Å². The third-order valence-electron chi connectivity index (χ3n) is 5.00. The quantitative estimate of drug-likeness (QED) is 0.691. The van der Waals surface area contributed by atoms with E-state index in [4.69, 9.17) is 0 Å². The van der Waals surface area contributed by atoms with E-state index in [1.54, 1.807) is 11.3 Å². The third kappa shape index (κ3) is 3.55. The number of benzene rings is 1. The fourth-order valence-corrected chi connectivity index (χ4v) is 4.33. The van der Waals surface area contributed by atoms with Crippen LogP contribution < -0.4 is 0 Å². The Balaban J connectivity index is 1.35. The molecule has 0 bridgehead atoms. The lowest BCUT2D eigenvalue weighted by molar-refractivity contribution is -0.130. The average Bonchev–Trinajstić information content (AvgIpc) is 3.41. The number of aromatic nitrogens is 3. The Morgan fingerprint density at radius 1 is 1.27 bits per heavy atom. The molecule has 1 aromatic carbocycles. The lowest BCUT2D eigenvalue weighted by Gasteiger charge is -2.16. The summed E-state index contributed by atoms with van der Waals surface area (Å²) in [6.07, 6.45) is 4.34. The van der Waals surface area contributed by atoms with Crippen molar-refractivity contribution in [2.45, 2.75) is 32.2 Å². The van der Waals surface area contributed by atoms with E-state index in [1.165, 1.54) is 10.4 Å². The molecule has 26 heavy (non-hydrogen) atoms. The summed E-state index contributed by atoms with van der Waals surface area (Å²) in [4.78, 5) is 15.8. The zero-order chi connectivity index (χ0) is 17.9. The molecule has 1 unspecified atom stereocenters. The minimum absolute atomic E-state index is 0.215. The van der Waals surface area contributed by atoms with Crippen molar-refractivity contribution in [1.82, 2.24) is 19.9 Å². The summed E-state index contributed by atoms with van der Waals surface area (Å²) in [6.45, 7) is 3.63. The highest BCUT2D eigenvalue weighted by molar-refractivity contribution is 7.10. The van der Waals surface area contributed by atoms with Gasteiger partial charge in [0, 0.05) is 30.0 Å². The third-order valence-corrected chi connectivity index (χ3v) is 6.09. The molecule has 1 saturated heterocycles. The maximum Gasteiger partial charge on any atom is 0.223 e. The summed E-state index contributed by atoms with van der Waals surface area (Å²) in [7, 11) is 0. The number of aryl methyl sites for hydroxylation is 2. The first kappa shape index (κ1) is 17.0. The topological polar surface area (TPSA) is 51.0 Å². The second kappa shape index (κ2) is 7.41. The van der Waals surface area contributed by atoms with E-state index in [9.17, 15) is 4.79 Å². The molecule has 0 saturated carbocycles.